The van der Waals surface area contributed by atoms with Gasteiger partial charge in [-0.2, -0.15) is 0 Å². The number of para-hydroxylation sites is 2. The van der Waals surface area contributed by atoms with Gasteiger partial charge in [-0.05, 0) is 41.8 Å². The van der Waals surface area contributed by atoms with E-state index in [-0.39, 0.29) is 24.6 Å². The largest absolute Gasteiger partial charge is 0.459 e. The molecule has 0 bridgehead atoms. The molecule has 36 heavy (non-hydrogen) atoms. The fourth-order valence-electron chi connectivity index (χ4n) is 4.63. The quantitative estimate of drug-likeness (QED) is 0.535. The first-order chi connectivity index (χ1) is 17.5. The third kappa shape index (κ3) is 4.72. The first kappa shape index (κ1) is 23.3. The number of carbonyl (C=O) groups is 4. The van der Waals surface area contributed by atoms with Crippen LogP contribution in [0.15, 0.2) is 71.3 Å². The summed E-state index contributed by atoms with van der Waals surface area (Å²) >= 11 is 0. The molecule has 0 aliphatic carbocycles. The van der Waals surface area contributed by atoms with Gasteiger partial charge in [0.05, 0.1) is 17.6 Å². The van der Waals surface area contributed by atoms with Crippen LogP contribution in [0.25, 0.3) is 0 Å². The Morgan fingerprint density at radius 1 is 1.00 bits per heavy atom. The van der Waals surface area contributed by atoms with Gasteiger partial charge in [0.2, 0.25) is 5.91 Å². The lowest BCUT2D eigenvalue weighted by atomic mass is 9.93. The lowest BCUT2D eigenvalue weighted by Gasteiger charge is -2.34. The van der Waals surface area contributed by atoms with Crippen molar-refractivity contribution in [2.75, 3.05) is 23.4 Å². The van der Waals surface area contributed by atoms with Crippen molar-refractivity contribution in [1.29, 1.82) is 0 Å². The highest BCUT2D eigenvalue weighted by atomic mass is 16.5. The van der Waals surface area contributed by atoms with Crippen molar-refractivity contribution in [1.82, 2.24) is 4.90 Å². The summed E-state index contributed by atoms with van der Waals surface area (Å²) in [6.45, 7) is 0.282. The highest BCUT2D eigenvalue weighted by Gasteiger charge is 2.37. The number of ether oxygens (including phenoxy) is 1. The van der Waals surface area contributed by atoms with E-state index in [1.807, 2.05) is 24.3 Å². The maximum atomic E-state index is 13.1. The molecule has 9 nitrogen and oxygen atoms in total. The predicted molar refractivity (Wildman–Crippen MR) is 130 cm³/mol. The van der Waals surface area contributed by atoms with Crippen molar-refractivity contribution < 1.29 is 28.3 Å². The second-order valence-corrected chi connectivity index (χ2v) is 8.72. The number of rotatable bonds is 6. The molecular weight excluding hydrogens is 462 g/mol. The summed E-state index contributed by atoms with van der Waals surface area (Å²) in [6, 6.07) is 16.8. The molecule has 2 aliphatic rings. The zero-order chi connectivity index (χ0) is 25.1. The highest BCUT2D eigenvalue weighted by molar-refractivity contribution is 6.02. The van der Waals surface area contributed by atoms with Gasteiger partial charge in [0, 0.05) is 25.9 Å². The molecule has 3 heterocycles. The molecule has 1 N–H and O–H groups in total. The van der Waals surface area contributed by atoms with Crippen LogP contribution in [-0.4, -0.2) is 47.8 Å². The number of amides is 3. The highest BCUT2D eigenvalue weighted by Crippen LogP contribution is 2.29. The number of carbonyl (C=O) groups excluding carboxylic acids is 4. The number of furan rings is 1. The second-order valence-electron chi connectivity index (χ2n) is 8.72. The summed E-state index contributed by atoms with van der Waals surface area (Å²) in [6.07, 6.45) is 2.90. The molecule has 1 saturated heterocycles. The van der Waals surface area contributed by atoms with Gasteiger partial charge in [-0.3, -0.25) is 14.4 Å². The molecule has 0 radical (unpaired) electrons. The maximum Gasteiger partial charge on any atom is 0.329 e. The summed E-state index contributed by atoms with van der Waals surface area (Å²) in [4.78, 5) is 54.0. The molecule has 1 aromatic heterocycles. The Bertz CT molecular complexity index is 1300. The molecule has 9 heteroatoms. The molecule has 1 atom stereocenters. The minimum atomic E-state index is -0.903. The van der Waals surface area contributed by atoms with Crippen LogP contribution >= 0.6 is 0 Å². The predicted octanol–water partition coefficient (Wildman–Crippen LogP) is 3.16. The summed E-state index contributed by atoms with van der Waals surface area (Å²) < 4.78 is 10.6. The first-order valence-electron chi connectivity index (χ1n) is 11.8. The molecule has 2 aliphatic heterocycles. The zero-order valence-corrected chi connectivity index (χ0v) is 19.5. The van der Waals surface area contributed by atoms with Crippen LogP contribution in [0.5, 0.6) is 0 Å². The SMILES string of the molecule is O=C(COC(=O)[C@@H]1Cc2ccccc2CN1C(=O)c1ccco1)Nc1ccccc1N1CCCC1=O. The van der Waals surface area contributed by atoms with Crippen LogP contribution < -0.4 is 10.2 Å². The normalized spacial score (nSPS) is 17.0. The van der Waals surface area contributed by atoms with Gasteiger partial charge in [0.15, 0.2) is 12.4 Å². The minimum absolute atomic E-state index is 0.00187. The minimum Gasteiger partial charge on any atom is -0.459 e. The molecular formula is C27H25N3O6. The average molecular weight is 488 g/mol. The van der Waals surface area contributed by atoms with E-state index in [4.69, 9.17) is 9.15 Å². The molecule has 0 unspecified atom stereocenters. The molecule has 0 saturated carbocycles. The van der Waals surface area contributed by atoms with E-state index in [0.29, 0.717) is 24.3 Å². The Balaban J connectivity index is 1.27. The van der Waals surface area contributed by atoms with Crippen molar-refractivity contribution in [3.05, 3.63) is 83.8 Å². The summed E-state index contributed by atoms with van der Waals surface area (Å²) in [5.74, 6) is -1.52. The van der Waals surface area contributed by atoms with E-state index in [2.05, 4.69) is 5.32 Å². The van der Waals surface area contributed by atoms with Gasteiger partial charge in [0.25, 0.3) is 11.8 Å². The standard InChI is InChI=1S/C27H25N3O6/c31-24(28-20-9-3-4-10-21(20)29-13-5-12-25(29)32)17-36-27(34)22-15-18-7-1-2-8-19(18)16-30(22)26(33)23-11-6-14-35-23/h1-4,6-11,14,22H,5,12-13,15-17H2,(H,28,31)/t22-/m0/s1. The fraction of sp³-hybridized carbons (Fsp3) is 0.259. The van der Waals surface area contributed by atoms with Crippen LogP contribution in [0.2, 0.25) is 0 Å². The van der Waals surface area contributed by atoms with Gasteiger partial charge >= 0.3 is 5.97 Å². The summed E-state index contributed by atoms with van der Waals surface area (Å²) in [5, 5.41) is 2.73. The van der Waals surface area contributed by atoms with Crippen LogP contribution in [0.4, 0.5) is 11.4 Å². The van der Waals surface area contributed by atoms with Crippen molar-refractivity contribution >= 4 is 35.1 Å². The number of nitrogens with zero attached hydrogens (tertiary/aromatic N) is 2. The monoisotopic (exact) mass is 487 g/mol. The Labute approximate surface area is 207 Å². The van der Waals surface area contributed by atoms with Gasteiger partial charge in [0.1, 0.15) is 6.04 Å². The van der Waals surface area contributed by atoms with Crippen molar-refractivity contribution in [3.63, 3.8) is 0 Å². The summed E-state index contributed by atoms with van der Waals surface area (Å²) in [5.41, 5.74) is 2.96. The number of hydrogen-bond acceptors (Lipinski definition) is 6. The number of hydrogen-bond donors (Lipinski definition) is 1. The van der Waals surface area contributed by atoms with Gasteiger partial charge in [-0.15, -0.1) is 0 Å². The van der Waals surface area contributed by atoms with E-state index in [9.17, 15) is 19.2 Å². The smallest absolute Gasteiger partial charge is 0.329 e. The van der Waals surface area contributed by atoms with E-state index in [1.165, 1.54) is 11.2 Å². The molecule has 184 valence electrons. The number of benzene rings is 2. The first-order valence-corrected chi connectivity index (χ1v) is 11.8. The fourth-order valence-corrected chi connectivity index (χ4v) is 4.63. The molecule has 3 aromatic rings. The second kappa shape index (κ2) is 10.1. The Kier molecular flexibility index (Phi) is 6.53. The van der Waals surface area contributed by atoms with Gasteiger partial charge in [-0.1, -0.05) is 36.4 Å². The van der Waals surface area contributed by atoms with Crippen LogP contribution in [-0.2, 0) is 32.1 Å². The van der Waals surface area contributed by atoms with Crippen molar-refractivity contribution in [3.8, 4) is 0 Å². The van der Waals surface area contributed by atoms with E-state index >= 15 is 0 Å². The topological polar surface area (TPSA) is 109 Å². The van der Waals surface area contributed by atoms with Gasteiger partial charge < -0.3 is 24.3 Å². The average Bonchev–Trinajstić information content (AvgIpc) is 3.59. The number of esters is 1. The van der Waals surface area contributed by atoms with Gasteiger partial charge in [-0.25, -0.2) is 4.79 Å². The van der Waals surface area contributed by atoms with Crippen molar-refractivity contribution in [2.45, 2.75) is 31.8 Å². The Morgan fingerprint density at radius 2 is 1.78 bits per heavy atom. The Hall–Kier alpha value is -4.40. The van der Waals surface area contributed by atoms with E-state index in [0.717, 1.165) is 17.5 Å². The molecule has 0 spiro atoms. The van der Waals surface area contributed by atoms with Crippen molar-refractivity contribution in [2.24, 2.45) is 0 Å². The molecule has 3 amide bonds. The van der Waals surface area contributed by atoms with Crippen LogP contribution in [0.1, 0.15) is 34.5 Å². The lowest BCUT2D eigenvalue weighted by Crippen LogP contribution is -2.49. The van der Waals surface area contributed by atoms with Crippen LogP contribution in [0, 0.1) is 0 Å². The Morgan fingerprint density at radius 3 is 2.53 bits per heavy atom. The number of nitrogens with one attached hydrogen (secondary N) is 1. The lowest BCUT2D eigenvalue weighted by molar-refractivity contribution is -0.152. The molecule has 5 rings (SSSR count). The molecule has 1 fully saturated rings. The number of fused-ring (bicyclic) bond motifs is 1. The third-order valence-corrected chi connectivity index (χ3v) is 6.40. The van der Waals surface area contributed by atoms with E-state index < -0.39 is 30.4 Å². The maximum absolute atomic E-state index is 13.1. The zero-order valence-electron chi connectivity index (χ0n) is 19.5. The molecule has 2 aromatic carbocycles. The van der Waals surface area contributed by atoms with E-state index in [1.54, 1.807) is 41.3 Å². The summed E-state index contributed by atoms with van der Waals surface area (Å²) in [7, 11) is 0. The number of anilines is 2. The van der Waals surface area contributed by atoms with Crippen LogP contribution in [0.3, 0.4) is 0 Å². The third-order valence-electron chi connectivity index (χ3n) is 6.40.